The maximum Gasteiger partial charge on any atom is 0.418 e. The van der Waals surface area contributed by atoms with Gasteiger partial charge in [-0.25, -0.2) is 4.79 Å². The molecule has 0 atom stereocenters. The maximum atomic E-state index is 14.0. The van der Waals surface area contributed by atoms with Gasteiger partial charge in [-0.2, -0.15) is 26.3 Å². The summed E-state index contributed by atoms with van der Waals surface area (Å²) in [6.45, 7) is -0.106. The van der Waals surface area contributed by atoms with Crippen LogP contribution in [0.5, 0.6) is 0 Å². The fourth-order valence-electron chi connectivity index (χ4n) is 3.61. The van der Waals surface area contributed by atoms with Gasteiger partial charge in [0.1, 0.15) is 9.71 Å². The Balaban J connectivity index is 2.29. The summed E-state index contributed by atoms with van der Waals surface area (Å²) in [6.07, 6.45) is -11.8. The van der Waals surface area contributed by atoms with Gasteiger partial charge in [0.2, 0.25) is 0 Å². The molecular weight excluding hydrogens is 468 g/mol. The van der Waals surface area contributed by atoms with Crippen molar-refractivity contribution in [3.05, 3.63) is 31.3 Å². The fraction of sp³-hybridized carbons (Fsp3) is 0.611. The average molecular weight is 487 g/mol. The van der Waals surface area contributed by atoms with Crippen molar-refractivity contribution in [3.8, 4) is 0 Å². The maximum absolute atomic E-state index is 14.0. The Hall–Kier alpha value is -2.35. The van der Waals surface area contributed by atoms with Gasteiger partial charge < -0.3 is 10.0 Å². The third-order valence-electron chi connectivity index (χ3n) is 5.22. The number of halogens is 6. The number of hydrogen-bond acceptors (Lipinski definition) is 5. The second kappa shape index (κ2) is 8.54. The molecule has 1 amide bonds. The molecule has 178 valence electrons. The number of aryl methyl sites for hydroxylation is 1. The summed E-state index contributed by atoms with van der Waals surface area (Å²) in [5.74, 6) is -1.05. The van der Waals surface area contributed by atoms with Gasteiger partial charge in [-0.1, -0.05) is 0 Å². The Kier molecular flexibility index (Phi) is 6.48. The van der Waals surface area contributed by atoms with E-state index in [0.717, 1.165) is 4.90 Å². The number of amides is 1. The highest BCUT2D eigenvalue weighted by atomic mass is 32.1. The zero-order valence-electron chi connectivity index (χ0n) is 16.7. The van der Waals surface area contributed by atoms with Gasteiger partial charge in [-0.05, 0) is 19.8 Å². The minimum Gasteiger partial charge on any atom is -0.393 e. The zero-order chi connectivity index (χ0) is 24.0. The Morgan fingerprint density at radius 3 is 2.19 bits per heavy atom. The molecule has 1 fully saturated rings. The standard InChI is InChI=1S/C18H19F6N3O4S/c1-2-26-13(29)10-11(18(22,23)24)12(14(30)25-6-3-9(28)4-7-25)32-15(10)27(16(26)31)8-5-17(19,20)21/h9,28H,2-8H2,1H3. The first-order chi connectivity index (χ1) is 14.8. The largest absolute Gasteiger partial charge is 0.418 e. The van der Waals surface area contributed by atoms with E-state index < -0.39 is 69.2 Å². The van der Waals surface area contributed by atoms with Crippen LogP contribution in [0.3, 0.4) is 0 Å². The number of aliphatic hydroxyl groups excluding tert-OH is 1. The lowest BCUT2D eigenvalue weighted by Gasteiger charge is -2.29. The number of thiophene rings is 1. The molecule has 1 saturated heterocycles. The molecule has 1 aliphatic rings. The first kappa shape index (κ1) is 24.3. The van der Waals surface area contributed by atoms with E-state index in [4.69, 9.17) is 0 Å². The van der Waals surface area contributed by atoms with Gasteiger partial charge in [-0.3, -0.25) is 18.7 Å². The van der Waals surface area contributed by atoms with Gasteiger partial charge in [0, 0.05) is 26.2 Å². The van der Waals surface area contributed by atoms with Crippen LogP contribution in [0, 0.1) is 0 Å². The van der Waals surface area contributed by atoms with E-state index in [1.807, 2.05) is 0 Å². The highest BCUT2D eigenvalue weighted by Crippen LogP contribution is 2.41. The zero-order valence-corrected chi connectivity index (χ0v) is 17.5. The number of nitrogens with zero attached hydrogens (tertiary/aromatic N) is 3. The van der Waals surface area contributed by atoms with Crippen molar-refractivity contribution in [1.82, 2.24) is 14.0 Å². The van der Waals surface area contributed by atoms with Crippen LogP contribution in [0.1, 0.15) is 41.4 Å². The number of aliphatic hydroxyl groups is 1. The normalized spacial score (nSPS) is 16.2. The summed E-state index contributed by atoms with van der Waals surface area (Å²) in [7, 11) is 0. The average Bonchev–Trinajstić information content (AvgIpc) is 3.08. The van der Waals surface area contributed by atoms with Crippen molar-refractivity contribution >= 4 is 27.5 Å². The van der Waals surface area contributed by atoms with Crippen molar-refractivity contribution in [2.24, 2.45) is 0 Å². The first-order valence-corrected chi connectivity index (χ1v) is 10.5. The van der Waals surface area contributed by atoms with Crippen molar-refractivity contribution in [2.45, 2.75) is 57.7 Å². The van der Waals surface area contributed by atoms with Crippen molar-refractivity contribution in [3.63, 3.8) is 0 Å². The van der Waals surface area contributed by atoms with Crippen LogP contribution < -0.4 is 11.2 Å². The number of rotatable bonds is 4. The molecule has 14 heteroatoms. The molecule has 0 aliphatic carbocycles. The number of carbonyl (C=O) groups is 1. The van der Waals surface area contributed by atoms with Crippen LogP contribution in [0.2, 0.25) is 0 Å². The van der Waals surface area contributed by atoms with Crippen LogP contribution in [0.4, 0.5) is 26.3 Å². The SMILES string of the molecule is CCn1c(=O)c2c(C(F)(F)F)c(C(=O)N3CCC(O)CC3)sc2n(CCC(F)(F)F)c1=O. The van der Waals surface area contributed by atoms with Crippen molar-refractivity contribution < 1.29 is 36.2 Å². The highest BCUT2D eigenvalue weighted by molar-refractivity contribution is 7.20. The Morgan fingerprint density at radius 1 is 1.09 bits per heavy atom. The van der Waals surface area contributed by atoms with E-state index in [9.17, 15) is 45.8 Å². The van der Waals surface area contributed by atoms with E-state index >= 15 is 0 Å². The van der Waals surface area contributed by atoms with E-state index in [1.54, 1.807) is 0 Å². The molecule has 2 aromatic heterocycles. The number of hydrogen-bond donors (Lipinski definition) is 1. The Bertz CT molecular complexity index is 1140. The van der Waals surface area contributed by atoms with E-state index in [2.05, 4.69) is 0 Å². The molecular formula is C18H19F6N3O4S. The number of piperidine rings is 1. The fourth-order valence-corrected chi connectivity index (χ4v) is 4.91. The molecule has 1 aliphatic heterocycles. The molecule has 3 rings (SSSR count). The Labute approximate surface area is 180 Å². The summed E-state index contributed by atoms with van der Waals surface area (Å²) in [4.78, 5) is 37.8. The molecule has 7 nitrogen and oxygen atoms in total. The molecule has 1 N–H and O–H groups in total. The lowest BCUT2D eigenvalue weighted by atomic mass is 10.1. The third-order valence-corrected chi connectivity index (χ3v) is 6.42. The smallest absolute Gasteiger partial charge is 0.393 e. The minimum atomic E-state index is -5.17. The third kappa shape index (κ3) is 4.56. The lowest BCUT2D eigenvalue weighted by molar-refractivity contribution is -0.137. The van der Waals surface area contributed by atoms with Gasteiger partial charge in [-0.15, -0.1) is 11.3 Å². The van der Waals surface area contributed by atoms with Crippen molar-refractivity contribution in [1.29, 1.82) is 0 Å². The number of likely N-dealkylation sites (tertiary alicyclic amines) is 1. The molecule has 3 heterocycles. The summed E-state index contributed by atoms with van der Waals surface area (Å²) in [5, 5.41) is 8.58. The summed E-state index contributed by atoms with van der Waals surface area (Å²) >= 11 is 0.187. The van der Waals surface area contributed by atoms with E-state index in [-0.39, 0.29) is 43.8 Å². The van der Waals surface area contributed by atoms with Crippen LogP contribution in [0.15, 0.2) is 9.59 Å². The second-order valence-electron chi connectivity index (χ2n) is 7.36. The lowest BCUT2D eigenvalue weighted by Crippen LogP contribution is -2.41. The van der Waals surface area contributed by atoms with Gasteiger partial charge in [0.25, 0.3) is 11.5 Å². The molecule has 0 aromatic carbocycles. The molecule has 0 unspecified atom stereocenters. The van der Waals surface area contributed by atoms with Crippen LogP contribution in [-0.2, 0) is 19.3 Å². The molecule has 32 heavy (non-hydrogen) atoms. The van der Waals surface area contributed by atoms with E-state index in [0.29, 0.717) is 9.13 Å². The topological polar surface area (TPSA) is 84.5 Å². The highest BCUT2D eigenvalue weighted by Gasteiger charge is 2.43. The van der Waals surface area contributed by atoms with E-state index in [1.165, 1.54) is 6.92 Å². The molecule has 0 saturated carbocycles. The molecule has 0 spiro atoms. The number of aromatic nitrogens is 2. The van der Waals surface area contributed by atoms with Crippen LogP contribution in [-0.4, -0.2) is 50.4 Å². The van der Waals surface area contributed by atoms with Crippen LogP contribution >= 0.6 is 11.3 Å². The first-order valence-electron chi connectivity index (χ1n) is 9.67. The molecule has 0 bridgehead atoms. The van der Waals surface area contributed by atoms with Gasteiger partial charge in [0.05, 0.1) is 23.5 Å². The summed E-state index contributed by atoms with van der Waals surface area (Å²) < 4.78 is 81.2. The van der Waals surface area contributed by atoms with Crippen molar-refractivity contribution in [2.75, 3.05) is 13.1 Å². The minimum absolute atomic E-state index is 0.0222. The summed E-state index contributed by atoms with van der Waals surface area (Å²) in [6, 6.07) is 0. The van der Waals surface area contributed by atoms with Gasteiger partial charge >= 0.3 is 18.0 Å². The molecule has 2 aromatic rings. The number of fused-ring (bicyclic) bond motifs is 1. The number of carbonyl (C=O) groups excluding carboxylic acids is 1. The molecule has 0 radical (unpaired) electrons. The van der Waals surface area contributed by atoms with Crippen LogP contribution in [0.25, 0.3) is 10.2 Å². The summed E-state index contributed by atoms with van der Waals surface area (Å²) in [5.41, 5.74) is -4.04. The quantitative estimate of drug-likeness (QED) is 0.673. The predicted octanol–water partition coefficient (Wildman–Crippen LogP) is 2.81. The monoisotopic (exact) mass is 487 g/mol. The van der Waals surface area contributed by atoms with Gasteiger partial charge in [0.15, 0.2) is 0 Å². The number of alkyl halides is 6. The Morgan fingerprint density at radius 2 is 1.69 bits per heavy atom. The second-order valence-corrected chi connectivity index (χ2v) is 8.36. The predicted molar refractivity (Wildman–Crippen MR) is 103 cm³/mol.